The number of hydrogen-bond donors (Lipinski definition) is 1. The van der Waals surface area contributed by atoms with Crippen molar-refractivity contribution in [3.05, 3.63) is 33.6 Å². The summed E-state index contributed by atoms with van der Waals surface area (Å²) in [6.45, 7) is 2.77. The Morgan fingerprint density at radius 1 is 1.39 bits per heavy atom. The quantitative estimate of drug-likeness (QED) is 0.401. The third-order valence-electron chi connectivity index (χ3n) is 3.40. The molecule has 1 amide bonds. The van der Waals surface area contributed by atoms with E-state index in [2.05, 4.69) is 15.0 Å². The first-order valence-electron chi connectivity index (χ1n) is 8.37. The lowest BCUT2D eigenvalue weighted by Crippen LogP contribution is -2.30. The van der Waals surface area contributed by atoms with Crippen LogP contribution in [-0.4, -0.2) is 40.7 Å². The number of aromatic nitrogens is 2. The Kier molecular flexibility index (Phi) is 7.59. The summed E-state index contributed by atoms with van der Waals surface area (Å²) in [5.41, 5.74) is 0.274. The van der Waals surface area contributed by atoms with Gasteiger partial charge in [0.1, 0.15) is 0 Å². The van der Waals surface area contributed by atoms with Gasteiger partial charge in [-0.15, -0.1) is 0 Å². The first-order chi connectivity index (χ1) is 13.1. The maximum Gasteiger partial charge on any atom is 0.422 e. The maximum atomic E-state index is 12.8. The number of thioether (sulfide) groups is 1. The molecule has 0 radical (unpaired) electrons. The summed E-state index contributed by atoms with van der Waals surface area (Å²) < 4.78 is 41.6. The first-order valence-corrected chi connectivity index (χ1v) is 9.73. The van der Waals surface area contributed by atoms with E-state index in [9.17, 15) is 22.8 Å². The summed E-state index contributed by atoms with van der Waals surface area (Å²) in [5.74, 6) is 0.482. The molecule has 2 rings (SSSR count). The normalized spacial score (nSPS) is 11.8. The van der Waals surface area contributed by atoms with Crippen LogP contribution in [0.1, 0.15) is 13.8 Å². The van der Waals surface area contributed by atoms with Crippen LogP contribution in [0.2, 0.25) is 5.02 Å². The number of nitrogens with one attached hydrogen (secondary N) is 1. The molecule has 0 aliphatic rings. The number of carbonyl (C=O) groups is 1. The predicted octanol–water partition coefficient (Wildman–Crippen LogP) is 4.09. The maximum absolute atomic E-state index is 12.8. The van der Waals surface area contributed by atoms with Gasteiger partial charge in [-0.3, -0.25) is 9.36 Å². The van der Waals surface area contributed by atoms with E-state index in [4.69, 9.17) is 11.6 Å². The number of alkyl carbamates (subject to hydrolysis) is 1. The van der Waals surface area contributed by atoms with Crippen LogP contribution >= 0.6 is 23.4 Å². The number of nitrogens with zero attached hydrogens (tertiary/aromatic N) is 2. The smallest absolute Gasteiger partial charge is 0.422 e. The molecule has 2 aromatic rings. The molecule has 1 heterocycles. The molecule has 0 aliphatic heterocycles. The van der Waals surface area contributed by atoms with Crippen LogP contribution in [0.3, 0.4) is 0 Å². The van der Waals surface area contributed by atoms with E-state index < -0.39 is 18.9 Å². The van der Waals surface area contributed by atoms with Crippen LogP contribution in [0, 0.1) is 5.92 Å². The highest BCUT2D eigenvalue weighted by Gasteiger charge is 2.29. The Morgan fingerprint density at radius 3 is 2.75 bits per heavy atom. The number of carbonyl (C=O) groups excluding carboxylic acids is 1. The van der Waals surface area contributed by atoms with Crippen molar-refractivity contribution in [3.8, 4) is 0 Å². The summed E-state index contributed by atoms with van der Waals surface area (Å²) in [6, 6.07) is 4.85. The van der Waals surface area contributed by atoms with Crippen LogP contribution in [0.25, 0.3) is 10.9 Å². The molecule has 1 aromatic heterocycles. The van der Waals surface area contributed by atoms with Crippen LogP contribution in [0.15, 0.2) is 28.2 Å². The fraction of sp³-hybridized carbons (Fsp3) is 0.471. The molecule has 6 nitrogen and oxygen atoms in total. The Balaban J connectivity index is 2.08. The zero-order valence-corrected chi connectivity index (χ0v) is 16.7. The predicted molar refractivity (Wildman–Crippen MR) is 102 cm³/mol. The highest BCUT2D eigenvalue weighted by Crippen LogP contribution is 2.21. The van der Waals surface area contributed by atoms with Crippen molar-refractivity contribution in [2.45, 2.75) is 31.7 Å². The molecule has 0 atom stereocenters. The summed E-state index contributed by atoms with van der Waals surface area (Å²) in [6.07, 6.45) is -5.73. The average molecular weight is 438 g/mol. The lowest BCUT2D eigenvalue weighted by atomic mass is 10.2. The summed E-state index contributed by atoms with van der Waals surface area (Å²) in [5, 5.41) is 3.53. The van der Waals surface area contributed by atoms with Crippen LogP contribution < -0.4 is 10.9 Å². The van der Waals surface area contributed by atoms with Crippen molar-refractivity contribution < 1.29 is 22.7 Å². The Labute approximate surface area is 168 Å². The van der Waals surface area contributed by atoms with Gasteiger partial charge in [-0.05, 0) is 24.1 Å². The Hall–Kier alpha value is -1.94. The highest BCUT2D eigenvalue weighted by molar-refractivity contribution is 7.99. The molecule has 0 fully saturated rings. The van der Waals surface area contributed by atoms with Gasteiger partial charge < -0.3 is 10.1 Å². The van der Waals surface area contributed by atoms with Gasteiger partial charge in [-0.25, -0.2) is 9.78 Å². The minimum atomic E-state index is -4.57. The van der Waals surface area contributed by atoms with Crippen molar-refractivity contribution in [2.24, 2.45) is 5.92 Å². The molecule has 0 saturated heterocycles. The van der Waals surface area contributed by atoms with E-state index >= 15 is 0 Å². The second-order valence-corrected chi connectivity index (χ2v) is 7.83. The summed E-state index contributed by atoms with van der Waals surface area (Å²) in [7, 11) is 0. The second-order valence-electron chi connectivity index (χ2n) is 6.33. The molecule has 1 N–H and O–H groups in total. The van der Waals surface area contributed by atoms with Crippen LogP contribution in [0.5, 0.6) is 0 Å². The van der Waals surface area contributed by atoms with Gasteiger partial charge in [0.15, 0.2) is 11.8 Å². The topological polar surface area (TPSA) is 73.2 Å². The highest BCUT2D eigenvalue weighted by atomic mass is 35.5. The van der Waals surface area contributed by atoms with Crippen LogP contribution in [-0.2, 0) is 11.3 Å². The van der Waals surface area contributed by atoms with Crippen molar-refractivity contribution in [2.75, 3.05) is 18.9 Å². The van der Waals surface area contributed by atoms with Crippen LogP contribution in [0.4, 0.5) is 18.0 Å². The zero-order valence-electron chi connectivity index (χ0n) is 15.2. The number of rotatable bonds is 7. The molecule has 0 saturated carbocycles. The van der Waals surface area contributed by atoms with Crippen molar-refractivity contribution >= 4 is 40.4 Å². The number of benzene rings is 1. The Bertz CT molecular complexity index is 903. The summed E-state index contributed by atoms with van der Waals surface area (Å²) in [4.78, 5) is 28.6. The van der Waals surface area contributed by atoms with E-state index in [1.54, 1.807) is 18.2 Å². The number of amides is 1. The fourth-order valence-corrected chi connectivity index (χ4v) is 3.34. The monoisotopic (exact) mass is 437 g/mol. The minimum absolute atomic E-state index is 0.0531. The van der Waals surface area contributed by atoms with Gasteiger partial charge in [0.05, 0.1) is 10.9 Å². The molecule has 1 aromatic carbocycles. The Morgan fingerprint density at radius 2 is 2.11 bits per heavy atom. The van der Waals surface area contributed by atoms with Gasteiger partial charge in [0, 0.05) is 23.9 Å². The number of ether oxygens (including phenoxy) is 1. The molecule has 154 valence electrons. The second kappa shape index (κ2) is 9.51. The van der Waals surface area contributed by atoms with Crippen molar-refractivity contribution in [3.63, 3.8) is 0 Å². The van der Waals surface area contributed by atoms with Gasteiger partial charge in [-0.2, -0.15) is 13.2 Å². The zero-order chi connectivity index (χ0) is 20.9. The lowest BCUT2D eigenvalue weighted by molar-refractivity contribution is -0.160. The molecule has 0 bridgehead atoms. The largest absolute Gasteiger partial charge is 0.440 e. The fourth-order valence-electron chi connectivity index (χ4n) is 2.30. The number of hydrogen-bond acceptors (Lipinski definition) is 5. The molecule has 11 heteroatoms. The number of alkyl halides is 3. The SMILES string of the molecule is CC(C)Cn1c(SCCNC(=O)OCC(F)(F)F)nc2ccc(Cl)cc2c1=O. The van der Waals surface area contributed by atoms with Gasteiger partial charge in [-0.1, -0.05) is 37.2 Å². The third kappa shape index (κ3) is 6.59. The average Bonchev–Trinajstić information content (AvgIpc) is 2.59. The molecule has 28 heavy (non-hydrogen) atoms. The van der Waals surface area contributed by atoms with E-state index in [1.807, 2.05) is 13.8 Å². The van der Waals surface area contributed by atoms with E-state index in [1.165, 1.54) is 16.3 Å². The molecule has 0 spiro atoms. The summed E-state index contributed by atoms with van der Waals surface area (Å²) >= 11 is 7.19. The lowest BCUT2D eigenvalue weighted by Gasteiger charge is -2.15. The molecular weight excluding hydrogens is 419 g/mol. The minimum Gasteiger partial charge on any atom is -0.440 e. The third-order valence-corrected chi connectivity index (χ3v) is 4.61. The van der Waals surface area contributed by atoms with E-state index in [0.29, 0.717) is 33.4 Å². The number of halogens is 4. The van der Waals surface area contributed by atoms with E-state index in [-0.39, 0.29) is 18.0 Å². The number of fused-ring (bicyclic) bond motifs is 1. The van der Waals surface area contributed by atoms with Gasteiger partial charge in [0.2, 0.25) is 0 Å². The van der Waals surface area contributed by atoms with E-state index in [0.717, 1.165) is 0 Å². The van der Waals surface area contributed by atoms with Gasteiger partial charge in [0.25, 0.3) is 5.56 Å². The first kappa shape index (κ1) is 22.4. The molecular formula is C17H19ClF3N3O3S. The van der Waals surface area contributed by atoms with Crippen molar-refractivity contribution in [1.82, 2.24) is 14.9 Å². The van der Waals surface area contributed by atoms with Crippen molar-refractivity contribution in [1.29, 1.82) is 0 Å². The molecule has 0 unspecified atom stereocenters. The molecule has 0 aliphatic carbocycles. The van der Waals surface area contributed by atoms with Gasteiger partial charge >= 0.3 is 12.3 Å². The standard InChI is InChI=1S/C17H19ClF3N3O3S/c1-10(2)8-24-14(25)12-7-11(18)3-4-13(12)23-15(24)28-6-5-22-16(26)27-9-17(19,20)21/h3-4,7,10H,5-6,8-9H2,1-2H3,(H,22,26).